The van der Waals surface area contributed by atoms with Gasteiger partial charge < -0.3 is 10.1 Å². The highest BCUT2D eigenvalue weighted by molar-refractivity contribution is 9.10. The van der Waals surface area contributed by atoms with E-state index >= 15 is 0 Å². The van der Waals surface area contributed by atoms with Crippen molar-refractivity contribution in [2.75, 3.05) is 16.8 Å². The van der Waals surface area contributed by atoms with E-state index in [1.807, 2.05) is 103 Å². The van der Waals surface area contributed by atoms with Gasteiger partial charge >= 0.3 is 0 Å². The Bertz CT molecular complexity index is 1510. The summed E-state index contributed by atoms with van der Waals surface area (Å²) in [6.07, 6.45) is 1.77. The van der Waals surface area contributed by atoms with E-state index in [2.05, 4.69) is 21.2 Å². The third-order valence-electron chi connectivity index (χ3n) is 5.48. The number of rotatable bonds is 7. The van der Waals surface area contributed by atoms with Gasteiger partial charge in [-0.05, 0) is 72.4 Å². The zero-order valence-corrected chi connectivity index (χ0v) is 22.5. The van der Waals surface area contributed by atoms with Crippen LogP contribution < -0.4 is 15.0 Å². The molecule has 4 aromatic rings. The summed E-state index contributed by atoms with van der Waals surface area (Å²) in [4.78, 5) is 32.9. The first-order chi connectivity index (χ1) is 18.6. The Labute approximate surface area is 233 Å². The molecule has 0 atom stereocenters. The lowest BCUT2D eigenvalue weighted by molar-refractivity contribution is -0.118. The third kappa shape index (κ3) is 6.22. The molecule has 6 nitrogen and oxygen atoms in total. The number of ether oxygens (including phenoxy) is 1. The van der Waals surface area contributed by atoms with Crippen molar-refractivity contribution in [3.63, 3.8) is 0 Å². The third-order valence-corrected chi connectivity index (χ3v) is 6.94. The highest BCUT2D eigenvalue weighted by atomic mass is 79.9. The summed E-state index contributed by atoms with van der Waals surface area (Å²) in [7, 11) is 0. The number of amides is 2. The highest BCUT2D eigenvalue weighted by Gasteiger charge is 2.35. The lowest BCUT2D eigenvalue weighted by atomic mass is 10.2. The molecule has 1 aliphatic rings. The van der Waals surface area contributed by atoms with Gasteiger partial charge in [0, 0.05) is 15.7 Å². The topological polar surface area (TPSA) is 71.0 Å². The molecule has 5 rings (SSSR count). The van der Waals surface area contributed by atoms with Crippen LogP contribution in [0.4, 0.5) is 17.1 Å². The van der Waals surface area contributed by atoms with Crippen molar-refractivity contribution in [2.45, 2.75) is 0 Å². The molecule has 2 amide bonds. The van der Waals surface area contributed by atoms with Crippen molar-refractivity contribution in [3.8, 4) is 5.75 Å². The molecule has 1 fully saturated rings. The summed E-state index contributed by atoms with van der Waals surface area (Å²) in [6, 6.07) is 33.6. The Kier molecular flexibility index (Phi) is 8.01. The minimum absolute atomic E-state index is 0.176. The highest BCUT2D eigenvalue weighted by Crippen LogP contribution is 2.38. The van der Waals surface area contributed by atoms with Crippen molar-refractivity contribution < 1.29 is 14.3 Å². The molecule has 0 bridgehead atoms. The van der Waals surface area contributed by atoms with Crippen LogP contribution in [0.2, 0.25) is 0 Å². The predicted octanol–water partition coefficient (Wildman–Crippen LogP) is 7.28. The van der Waals surface area contributed by atoms with Crippen LogP contribution in [0.5, 0.6) is 5.75 Å². The largest absolute Gasteiger partial charge is 0.483 e. The van der Waals surface area contributed by atoms with Crippen LogP contribution in [-0.4, -0.2) is 23.6 Å². The molecular weight excluding hydrogens is 562 g/mol. The van der Waals surface area contributed by atoms with Gasteiger partial charge in [0.2, 0.25) is 0 Å². The van der Waals surface area contributed by atoms with Crippen molar-refractivity contribution in [1.82, 2.24) is 0 Å². The molecule has 38 heavy (non-hydrogen) atoms. The molecule has 4 aromatic carbocycles. The Morgan fingerprint density at radius 1 is 0.921 bits per heavy atom. The Balaban J connectivity index is 1.42. The molecule has 0 spiro atoms. The Morgan fingerprint density at radius 2 is 1.58 bits per heavy atom. The monoisotopic (exact) mass is 583 g/mol. The number of aliphatic imine (C=N–C) groups is 1. The van der Waals surface area contributed by atoms with Crippen molar-refractivity contribution >= 4 is 67.8 Å². The molecule has 0 saturated carbocycles. The molecule has 1 N–H and O–H groups in total. The van der Waals surface area contributed by atoms with E-state index in [0.717, 1.165) is 15.8 Å². The number of para-hydroxylation sites is 3. The molecule has 0 radical (unpaired) electrons. The zero-order chi connectivity index (χ0) is 26.3. The molecular formula is C30H22BrN3O3S. The number of anilines is 2. The van der Waals surface area contributed by atoms with Gasteiger partial charge in [0.25, 0.3) is 11.8 Å². The van der Waals surface area contributed by atoms with Crippen LogP contribution in [0.1, 0.15) is 5.56 Å². The number of carbonyl (C=O) groups excluding carboxylic acids is 2. The molecule has 0 aromatic heterocycles. The zero-order valence-electron chi connectivity index (χ0n) is 20.1. The molecule has 8 heteroatoms. The molecule has 0 aliphatic carbocycles. The van der Waals surface area contributed by atoms with Crippen LogP contribution in [0.15, 0.2) is 124 Å². The van der Waals surface area contributed by atoms with Gasteiger partial charge in [0.15, 0.2) is 11.8 Å². The van der Waals surface area contributed by atoms with Crippen molar-refractivity contribution in [1.29, 1.82) is 0 Å². The van der Waals surface area contributed by atoms with Gasteiger partial charge in [-0.2, -0.15) is 0 Å². The minimum atomic E-state index is -0.281. The van der Waals surface area contributed by atoms with Gasteiger partial charge in [-0.25, -0.2) is 4.99 Å². The number of thioether (sulfide) groups is 1. The van der Waals surface area contributed by atoms with Crippen molar-refractivity contribution in [3.05, 3.63) is 124 Å². The summed E-state index contributed by atoms with van der Waals surface area (Å²) >= 11 is 4.79. The SMILES string of the molecule is O=C(COc1ccc(Br)cc1/C=C1\SC(=Nc2ccccc2)N(c2ccccc2)C1=O)Nc1ccccc1. The molecule has 0 unspecified atom stereocenters. The van der Waals surface area contributed by atoms with E-state index < -0.39 is 0 Å². The van der Waals surface area contributed by atoms with Crippen LogP contribution in [0.25, 0.3) is 6.08 Å². The number of nitrogens with one attached hydrogen (secondary N) is 1. The maximum absolute atomic E-state index is 13.6. The summed E-state index contributed by atoms with van der Waals surface area (Å²) in [5, 5.41) is 3.36. The fourth-order valence-electron chi connectivity index (χ4n) is 3.73. The lowest BCUT2D eigenvalue weighted by Crippen LogP contribution is -2.28. The number of amidine groups is 1. The van der Waals surface area contributed by atoms with E-state index in [0.29, 0.717) is 27.1 Å². The Morgan fingerprint density at radius 3 is 2.29 bits per heavy atom. The molecule has 1 saturated heterocycles. The van der Waals surface area contributed by atoms with E-state index in [-0.39, 0.29) is 18.4 Å². The number of halogens is 1. The Hall–Kier alpha value is -4.14. The minimum Gasteiger partial charge on any atom is -0.483 e. The van der Waals surface area contributed by atoms with Gasteiger partial charge in [-0.1, -0.05) is 70.5 Å². The maximum atomic E-state index is 13.6. The number of benzene rings is 4. The summed E-state index contributed by atoms with van der Waals surface area (Å²) < 4.78 is 6.68. The second-order valence-corrected chi connectivity index (χ2v) is 10.1. The second kappa shape index (κ2) is 11.9. The summed E-state index contributed by atoms with van der Waals surface area (Å²) in [5.41, 5.74) is 2.84. The first-order valence-corrected chi connectivity index (χ1v) is 13.4. The average molecular weight is 584 g/mol. The maximum Gasteiger partial charge on any atom is 0.271 e. The number of carbonyl (C=O) groups is 2. The average Bonchev–Trinajstić information content (AvgIpc) is 3.23. The van der Waals surface area contributed by atoms with Gasteiger partial charge in [-0.3, -0.25) is 14.5 Å². The lowest BCUT2D eigenvalue weighted by Gasteiger charge is -2.15. The van der Waals surface area contributed by atoms with Crippen LogP contribution in [0, 0.1) is 0 Å². The van der Waals surface area contributed by atoms with E-state index in [4.69, 9.17) is 9.73 Å². The standard InChI is InChI=1S/C30H22BrN3O3S/c31-22-16-17-26(37-20-28(35)32-23-10-4-1-5-11-23)21(18-22)19-27-29(36)34(25-14-8-3-9-15-25)30(38-27)33-24-12-6-2-7-13-24/h1-19H,20H2,(H,32,35)/b27-19-,33-30?. The molecule has 188 valence electrons. The van der Waals surface area contributed by atoms with Gasteiger partial charge in [-0.15, -0.1) is 0 Å². The number of hydrogen-bond acceptors (Lipinski definition) is 5. The quantitative estimate of drug-likeness (QED) is 0.232. The van der Waals surface area contributed by atoms with Crippen LogP contribution in [-0.2, 0) is 9.59 Å². The molecule has 1 heterocycles. The first-order valence-electron chi connectivity index (χ1n) is 11.8. The first kappa shape index (κ1) is 25.5. The normalized spacial score (nSPS) is 15.2. The van der Waals surface area contributed by atoms with E-state index in [9.17, 15) is 9.59 Å². The van der Waals surface area contributed by atoms with Crippen LogP contribution >= 0.6 is 27.7 Å². The second-order valence-electron chi connectivity index (χ2n) is 8.20. The fraction of sp³-hybridized carbons (Fsp3) is 0.0333. The van der Waals surface area contributed by atoms with E-state index in [1.165, 1.54) is 11.8 Å². The molecule has 1 aliphatic heterocycles. The number of hydrogen-bond donors (Lipinski definition) is 1. The number of nitrogens with zero attached hydrogens (tertiary/aromatic N) is 2. The van der Waals surface area contributed by atoms with Gasteiger partial charge in [0.05, 0.1) is 16.3 Å². The van der Waals surface area contributed by atoms with Gasteiger partial charge in [0.1, 0.15) is 5.75 Å². The predicted molar refractivity (Wildman–Crippen MR) is 158 cm³/mol. The van der Waals surface area contributed by atoms with Crippen LogP contribution in [0.3, 0.4) is 0 Å². The van der Waals surface area contributed by atoms with E-state index in [1.54, 1.807) is 17.0 Å². The smallest absolute Gasteiger partial charge is 0.271 e. The summed E-state index contributed by atoms with van der Waals surface area (Å²) in [6.45, 7) is -0.176. The van der Waals surface area contributed by atoms with Crippen molar-refractivity contribution in [2.24, 2.45) is 4.99 Å². The summed E-state index contributed by atoms with van der Waals surface area (Å²) in [5.74, 6) is 0.0113. The fourth-order valence-corrected chi connectivity index (χ4v) is 5.10.